The van der Waals surface area contributed by atoms with E-state index in [4.69, 9.17) is 9.47 Å². The van der Waals surface area contributed by atoms with Crippen molar-refractivity contribution in [2.24, 2.45) is 11.8 Å². The van der Waals surface area contributed by atoms with Crippen LogP contribution in [0.3, 0.4) is 0 Å². The molecule has 0 aliphatic carbocycles. The summed E-state index contributed by atoms with van der Waals surface area (Å²) >= 11 is 0. The number of aliphatic hydroxyl groups is 4. The topological polar surface area (TPSA) is 167 Å². The molecular weight excluding hydrogens is 420 g/mol. The molecule has 4 atom stereocenters. The van der Waals surface area contributed by atoms with Gasteiger partial charge >= 0.3 is 11.9 Å². The summed E-state index contributed by atoms with van der Waals surface area (Å²) in [6, 6.07) is 0. The summed E-state index contributed by atoms with van der Waals surface area (Å²) in [5.74, 6) is -2.03. The minimum atomic E-state index is -2.12. The van der Waals surface area contributed by atoms with E-state index in [-0.39, 0.29) is 11.8 Å². The van der Waals surface area contributed by atoms with Crippen LogP contribution in [0.25, 0.3) is 0 Å². The SMILES string of the molecule is CC(C)(OC(=O)C(O)C(O)C(O)C(O)C(=O)OC(C)(C)C1CC[NH2+]CC1)C1CC[NH2+]CC1. The van der Waals surface area contributed by atoms with Crippen molar-refractivity contribution in [2.45, 2.75) is 89.0 Å². The van der Waals surface area contributed by atoms with Crippen LogP contribution in [0.2, 0.25) is 0 Å². The van der Waals surface area contributed by atoms with Gasteiger partial charge in [0.2, 0.25) is 0 Å². The second kappa shape index (κ2) is 11.2. The standard InChI is InChI=1S/C22H40N2O8/c1-21(2,13-5-9-23-10-6-13)31-19(29)17(27)15(25)16(26)18(28)20(30)32-22(3,4)14-7-11-24-12-8-14/h13-18,23-28H,5-12H2,1-4H3/p+2. The molecule has 2 aliphatic heterocycles. The Kier molecular flexibility index (Phi) is 9.45. The van der Waals surface area contributed by atoms with Gasteiger partial charge in [-0.15, -0.1) is 0 Å². The number of quaternary nitrogens is 2. The van der Waals surface area contributed by atoms with Gasteiger partial charge in [-0.2, -0.15) is 0 Å². The van der Waals surface area contributed by atoms with Crippen LogP contribution >= 0.6 is 0 Å². The first-order valence-corrected chi connectivity index (χ1v) is 11.7. The van der Waals surface area contributed by atoms with Crippen LogP contribution in [0.1, 0.15) is 53.4 Å². The highest BCUT2D eigenvalue weighted by atomic mass is 16.6. The van der Waals surface area contributed by atoms with Crippen molar-refractivity contribution in [2.75, 3.05) is 26.2 Å². The molecule has 2 saturated heterocycles. The molecule has 2 aliphatic rings. The predicted octanol–water partition coefficient (Wildman–Crippen LogP) is -2.98. The molecule has 186 valence electrons. The molecule has 32 heavy (non-hydrogen) atoms. The average molecular weight is 463 g/mol. The number of carbonyl (C=O) groups is 2. The zero-order valence-electron chi connectivity index (χ0n) is 19.7. The number of piperidine rings is 2. The van der Waals surface area contributed by atoms with Gasteiger partial charge in [0.05, 0.1) is 26.2 Å². The maximum Gasteiger partial charge on any atom is 0.338 e. The van der Waals surface area contributed by atoms with Gasteiger partial charge < -0.3 is 40.5 Å². The lowest BCUT2D eigenvalue weighted by Crippen LogP contribution is -2.86. The fraction of sp³-hybridized carbons (Fsp3) is 0.909. The van der Waals surface area contributed by atoms with Gasteiger partial charge in [-0.3, -0.25) is 0 Å². The van der Waals surface area contributed by atoms with E-state index in [0.717, 1.165) is 51.9 Å². The van der Waals surface area contributed by atoms with Crippen LogP contribution in [0.4, 0.5) is 0 Å². The maximum atomic E-state index is 12.4. The minimum Gasteiger partial charge on any atom is -0.457 e. The van der Waals surface area contributed by atoms with Gasteiger partial charge in [-0.1, -0.05) is 0 Å². The summed E-state index contributed by atoms with van der Waals surface area (Å²) in [6.45, 7) is 10.6. The number of nitrogens with two attached hydrogens (primary N) is 2. The summed E-state index contributed by atoms with van der Waals surface area (Å²) in [7, 11) is 0. The van der Waals surface area contributed by atoms with Crippen LogP contribution in [0.5, 0.6) is 0 Å². The highest BCUT2D eigenvalue weighted by Crippen LogP contribution is 2.30. The first kappa shape index (κ1) is 26.9. The lowest BCUT2D eigenvalue weighted by atomic mass is 9.83. The molecule has 0 bridgehead atoms. The van der Waals surface area contributed by atoms with Crippen molar-refractivity contribution in [1.82, 2.24) is 0 Å². The monoisotopic (exact) mass is 462 g/mol. The van der Waals surface area contributed by atoms with E-state index in [1.54, 1.807) is 27.7 Å². The van der Waals surface area contributed by atoms with E-state index in [1.165, 1.54) is 0 Å². The zero-order valence-corrected chi connectivity index (χ0v) is 19.7. The quantitative estimate of drug-likeness (QED) is 0.197. The molecule has 0 amide bonds. The van der Waals surface area contributed by atoms with Gasteiger partial charge in [-0.05, 0) is 27.7 Å². The predicted molar refractivity (Wildman–Crippen MR) is 113 cm³/mol. The van der Waals surface area contributed by atoms with Gasteiger partial charge in [0.1, 0.15) is 23.4 Å². The lowest BCUT2D eigenvalue weighted by molar-refractivity contribution is -0.666. The van der Waals surface area contributed by atoms with E-state index in [1.807, 2.05) is 0 Å². The average Bonchev–Trinajstić information content (AvgIpc) is 2.77. The second-order valence-electron chi connectivity index (χ2n) is 10.2. The number of rotatable bonds is 9. The number of carbonyl (C=O) groups excluding carboxylic acids is 2. The molecule has 0 radical (unpaired) electrons. The normalized spacial score (nSPS) is 23.1. The van der Waals surface area contributed by atoms with E-state index in [0.29, 0.717) is 0 Å². The third-order valence-electron chi connectivity index (χ3n) is 7.05. The van der Waals surface area contributed by atoms with Gasteiger partial charge in [0, 0.05) is 37.5 Å². The number of hydrogen-bond acceptors (Lipinski definition) is 8. The molecule has 0 aromatic heterocycles. The maximum absolute atomic E-state index is 12.4. The van der Waals surface area contributed by atoms with E-state index >= 15 is 0 Å². The fourth-order valence-electron chi connectivity index (χ4n) is 4.70. The van der Waals surface area contributed by atoms with Gasteiger partial charge in [0.25, 0.3) is 0 Å². The number of aliphatic hydroxyl groups excluding tert-OH is 4. The van der Waals surface area contributed by atoms with E-state index < -0.39 is 47.6 Å². The first-order valence-electron chi connectivity index (χ1n) is 11.7. The number of ether oxygens (including phenoxy) is 2. The first-order chi connectivity index (χ1) is 14.9. The molecule has 0 aromatic carbocycles. The Bertz CT molecular complexity index is 575. The molecule has 8 N–H and O–H groups in total. The van der Waals surface area contributed by atoms with E-state index in [2.05, 4.69) is 10.6 Å². The van der Waals surface area contributed by atoms with E-state index in [9.17, 15) is 30.0 Å². The molecule has 0 saturated carbocycles. The van der Waals surface area contributed by atoms with Gasteiger partial charge in [-0.25, -0.2) is 9.59 Å². The Morgan fingerprint density at radius 1 is 0.688 bits per heavy atom. The Labute approximate surface area is 189 Å². The Morgan fingerprint density at radius 2 is 0.969 bits per heavy atom. The van der Waals surface area contributed by atoms with Crippen LogP contribution in [-0.2, 0) is 19.1 Å². The highest BCUT2D eigenvalue weighted by molar-refractivity contribution is 5.78. The van der Waals surface area contributed by atoms with Crippen molar-refractivity contribution in [3.63, 3.8) is 0 Å². The van der Waals surface area contributed by atoms with Crippen LogP contribution < -0.4 is 10.6 Å². The molecule has 2 heterocycles. The number of hydrogen-bond donors (Lipinski definition) is 6. The molecule has 2 fully saturated rings. The van der Waals surface area contributed by atoms with Gasteiger partial charge in [0.15, 0.2) is 12.2 Å². The Balaban J connectivity index is 1.92. The van der Waals surface area contributed by atoms with Crippen molar-refractivity contribution < 1.29 is 50.1 Å². The summed E-state index contributed by atoms with van der Waals surface area (Å²) in [5, 5.41) is 45.3. The molecule has 2 rings (SSSR count). The summed E-state index contributed by atoms with van der Waals surface area (Å²) in [4.78, 5) is 24.8. The molecular formula is C22H42N2O8+2. The Morgan fingerprint density at radius 3 is 1.25 bits per heavy atom. The van der Waals surface area contributed by atoms with Crippen LogP contribution in [0.15, 0.2) is 0 Å². The van der Waals surface area contributed by atoms with Crippen molar-refractivity contribution >= 4 is 11.9 Å². The molecule has 0 aromatic rings. The summed E-state index contributed by atoms with van der Waals surface area (Å²) in [6.07, 6.45) is -5.09. The largest absolute Gasteiger partial charge is 0.457 e. The van der Waals surface area contributed by atoms with Crippen LogP contribution in [-0.4, -0.2) is 94.2 Å². The molecule has 10 heteroatoms. The lowest BCUT2D eigenvalue weighted by Gasteiger charge is -2.37. The van der Waals surface area contributed by atoms with Crippen LogP contribution in [0, 0.1) is 11.8 Å². The zero-order chi connectivity index (χ0) is 24.1. The van der Waals surface area contributed by atoms with Crippen molar-refractivity contribution in [3.8, 4) is 0 Å². The molecule has 0 spiro atoms. The molecule has 10 nitrogen and oxygen atoms in total. The second-order valence-corrected chi connectivity index (χ2v) is 10.2. The molecule has 4 unspecified atom stereocenters. The third kappa shape index (κ3) is 6.85. The summed E-state index contributed by atoms with van der Waals surface area (Å²) < 4.78 is 10.9. The minimum absolute atomic E-state index is 0.103. The van der Waals surface area contributed by atoms with Crippen molar-refractivity contribution in [3.05, 3.63) is 0 Å². The van der Waals surface area contributed by atoms with Crippen molar-refractivity contribution in [1.29, 1.82) is 0 Å². The smallest absolute Gasteiger partial charge is 0.338 e. The Hall–Kier alpha value is -1.30. The highest BCUT2D eigenvalue weighted by Gasteiger charge is 2.44. The number of esters is 2. The third-order valence-corrected chi connectivity index (χ3v) is 7.05. The summed E-state index contributed by atoms with van der Waals surface area (Å²) in [5.41, 5.74) is -1.73. The fourth-order valence-corrected chi connectivity index (χ4v) is 4.70.